The molecule has 2 N–H and O–H groups in total. The Morgan fingerprint density at radius 3 is 2.44 bits per heavy atom. The van der Waals surface area contributed by atoms with E-state index in [2.05, 4.69) is 43.0 Å². The van der Waals surface area contributed by atoms with Crippen LogP contribution >= 0.6 is 0 Å². The molecular formula is C27H30N4O3. The Hall–Kier alpha value is -3.42. The molecule has 1 fully saturated rings. The van der Waals surface area contributed by atoms with E-state index in [1.807, 2.05) is 25.3 Å². The van der Waals surface area contributed by atoms with Gasteiger partial charge in [0.25, 0.3) is 0 Å². The molecule has 7 heteroatoms. The van der Waals surface area contributed by atoms with Crippen LogP contribution in [-0.2, 0) is 17.8 Å². The molecule has 5 rings (SSSR count). The van der Waals surface area contributed by atoms with Crippen LogP contribution in [0.1, 0.15) is 27.8 Å². The number of nitrogens with two attached hydrogens (primary N) is 1. The molecule has 0 amide bonds. The molecule has 1 aliphatic heterocycles. The second-order valence-corrected chi connectivity index (χ2v) is 9.01. The van der Waals surface area contributed by atoms with Crippen molar-refractivity contribution in [1.82, 2.24) is 9.55 Å². The molecule has 0 aliphatic carbocycles. The monoisotopic (exact) mass is 458 g/mol. The average Bonchev–Trinajstić information content (AvgIpc) is 3.15. The highest BCUT2D eigenvalue weighted by Crippen LogP contribution is 2.29. The summed E-state index contributed by atoms with van der Waals surface area (Å²) in [6, 6.07) is 12.3. The van der Waals surface area contributed by atoms with Crippen molar-refractivity contribution in [2.24, 2.45) is 5.73 Å². The minimum Gasteiger partial charge on any atom is -0.408 e. The van der Waals surface area contributed by atoms with E-state index in [1.54, 1.807) is 4.57 Å². The van der Waals surface area contributed by atoms with Gasteiger partial charge in [-0.05, 0) is 66.8 Å². The Morgan fingerprint density at radius 2 is 1.74 bits per heavy atom. The third kappa shape index (κ3) is 4.13. The fraction of sp³-hybridized carbons (Fsp3) is 0.333. The Kier molecular flexibility index (Phi) is 5.98. The van der Waals surface area contributed by atoms with E-state index in [0.29, 0.717) is 31.9 Å². The van der Waals surface area contributed by atoms with Gasteiger partial charge in [0.2, 0.25) is 0 Å². The molecular weight excluding hydrogens is 428 g/mol. The maximum absolute atomic E-state index is 12.8. The number of ether oxygens (including phenoxy) is 1. The molecule has 0 spiro atoms. The van der Waals surface area contributed by atoms with Crippen LogP contribution in [0.2, 0.25) is 0 Å². The Morgan fingerprint density at radius 1 is 1.00 bits per heavy atom. The molecule has 0 atom stereocenters. The zero-order valence-electron chi connectivity index (χ0n) is 19.9. The number of hydrogen-bond acceptors (Lipinski definition) is 6. The van der Waals surface area contributed by atoms with E-state index in [0.717, 1.165) is 63.4 Å². The fourth-order valence-corrected chi connectivity index (χ4v) is 4.84. The summed E-state index contributed by atoms with van der Waals surface area (Å²) in [5.41, 5.74) is 15.8. The topological polar surface area (TPSA) is 86.5 Å². The van der Waals surface area contributed by atoms with Crippen molar-refractivity contribution in [2.75, 3.05) is 31.2 Å². The minimum atomic E-state index is -0.355. The van der Waals surface area contributed by atoms with Gasteiger partial charge in [-0.25, -0.2) is 4.79 Å². The number of anilines is 1. The molecule has 34 heavy (non-hydrogen) atoms. The second-order valence-electron chi connectivity index (χ2n) is 9.01. The zero-order chi connectivity index (χ0) is 23.8. The summed E-state index contributed by atoms with van der Waals surface area (Å²) in [7, 11) is 0. The summed E-state index contributed by atoms with van der Waals surface area (Å²) in [5.74, 6) is -0.355. The highest BCUT2D eigenvalue weighted by atomic mass is 16.5. The zero-order valence-corrected chi connectivity index (χ0v) is 19.9. The van der Waals surface area contributed by atoms with Gasteiger partial charge in [-0.3, -0.25) is 9.55 Å². The SMILES string of the molecule is Cc1cnc(-c2c(C)cc(CN)cc2C)cc1Cn1c(=O)oc2cc(N3CCOCC3)ccc21. The van der Waals surface area contributed by atoms with Gasteiger partial charge in [0.05, 0.1) is 31.0 Å². The van der Waals surface area contributed by atoms with Crippen molar-refractivity contribution in [2.45, 2.75) is 33.9 Å². The average molecular weight is 459 g/mol. The minimum absolute atomic E-state index is 0.355. The number of nitrogens with zero attached hydrogens (tertiary/aromatic N) is 3. The molecule has 1 saturated heterocycles. The van der Waals surface area contributed by atoms with Crippen LogP contribution in [0.5, 0.6) is 0 Å². The van der Waals surface area contributed by atoms with Gasteiger partial charge in [0.15, 0.2) is 5.58 Å². The summed E-state index contributed by atoms with van der Waals surface area (Å²) in [6.07, 6.45) is 1.88. The number of aromatic nitrogens is 2. The van der Waals surface area contributed by atoms with Crippen LogP contribution in [0.15, 0.2) is 51.8 Å². The Bertz CT molecular complexity index is 1390. The molecule has 4 aromatic rings. The van der Waals surface area contributed by atoms with E-state index >= 15 is 0 Å². The first kappa shape index (κ1) is 22.4. The third-order valence-electron chi connectivity index (χ3n) is 6.66. The van der Waals surface area contributed by atoms with Gasteiger partial charge in [-0.2, -0.15) is 0 Å². The van der Waals surface area contributed by atoms with Crippen molar-refractivity contribution >= 4 is 16.8 Å². The molecule has 176 valence electrons. The lowest BCUT2D eigenvalue weighted by atomic mass is 9.95. The second kappa shape index (κ2) is 9.08. The highest BCUT2D eigenvalue weighted by Gasteiger charge is 2.17. The maximum atomic E-state index is 12.8. The van der Waals surface area contributed by atoms with Gasteiger partial charge < -0.3 is 19.8 Å². The van der Waals surface area contributed by atoms with E-state index in [9.17, 15) is 4.79 Å². The van der Waals surface area contributed by atoms with Gasteiger partial charge in [-0.15, -0.1) is 0 Å². The lowest BCUT2D eigenvalue weighted by molar-refractivity contribution is 0.122. The standard InChI is InChI=1S/C27H30N4O3/c1-17-10-20(14-28)11-18(2)26(17)23-12-21(19(3)15-29-23)16-31-24-5-4-22(13-25(24)34-27(31)32)30-6-8-33-9-7-30/h4-5,10-13,15H,6-9,14,16,28H2,1-3H3. The molecule has 7 nitrogen and oxygen atoms in total. The summed E-state index contributed by atoms with van der Waals surface area (Å²) < 4.78 is 12.8. The molecule has 0 unspecified atom stereocenters. The van der Waals surface area contributed by atoms with Gasteiger partial charge in [0.1, 0.15) is 0 Å². The number of morpholine rings is 1. The summed E-state index contributed by atoms with van der Waals surface area (Å²) in [5, 5.41) is 0. The normalized spacial score (nSPS) is 14.2. The number of pyridine rings is 1. The third-order valence-corrected chi connectivity index (χ3v) is 6.66. The lowest BCUT2D eigenvalue weighted by Gasteiger charge is -2.28. The number of hydrogen-bond donors (Lipinski definition) is 1. The number of oxazole rings is 1. The molecule has 0 bridgehead atoms. The maximum Gasteiger partial charge on any atom is 0.420 e. The van der Waals surface area contributed by atoms with Gasteiger partial charge >= 0.3 is 5.76 Å². The largest absolute Gasteiger partial charge is 0.420 e. The summed E-state index contributed by atoms with van der Waals surface area (Å²) in [4.78, 5) is 19.8. The number of rotatable bonds is 5. The van der Waals surface area contributed by atoms with Crippen LogP contribution < -0.4 is 16.4 Å². The van der Waals surface area contributed by atoms with Crippen LogP contribution in [0.25, 0.3) is 22.4 Å². The number of fused-ring (bicyclic) bond motifs is 1. The van der Waals surface area contributed by atoms with E-state index < -0.39 is 0 Å². The van der Waals surface area contributed by atoms with Crippen LogP contribution in [0, 0.1) is 20.8 Å². The molecule has 0 radical (unpaired) electrons. The van der Waals surface area contributed by atoms with Crippen LogP contribution in [0.4, 0.5) is 5.69 Å². The highest BCUT2D eigenvalue weighted by molar-refractivity contribution is 5.78. The quantitative estimate of drug-likeness (QED) is 0.488. The smallest absolute Gasteiger partial charge is 0.408 e. The molecule has 2 aromatic carbocycles. The van der Waals surface area contributed by atoms with Crippen molar-refractivity contribution in [3.05, 3.63) is 81.0 Å². The molecule has 3 heterocycles. The molecule has 0 saturated carbocycles. The first-order valence-electron chi connectivity index (χ1n) is 11.7. The van der Waals surface area contributed by atoms with Gasteiger partial charge in [-0.1, -0.05) is 12.1 Å². The van der Waals surface area contributed by atoms with Crippen molar-refractivity contribution < 1.29 is 9.15 Å². The van der Waals surface area contributed by atoms with Crippen LogP contribution in [0.3, 0.4) is 0 Å². The summed E-state index contributed by atoms with van der Waals surface area (Å²) in [6.45, 7) is 10.2. The van der Waals surface area contributed by atoms with Crippen molar-refractivity contribution in [3.8, 4) is 11.3 Å². The Labute approximate surface area is 198 Å². The van der Waals surface area contributed by atoms with E-state index in [1.165, 1.54) is 0 Å². The molecule has 1 aliphatic rings. The van der Waals surface area contributed by atoms with Crippen molar-refractivity contribution in [1.29, 1.82) is 0 Å². The fourth-order valence-electron chi connectivity index (χ4n) is 4.84. The number of benzene rings is 2. The predicted molar refractivity (Wildman–Crippen MR) is 134 cm³/mol. The van der Waals surface area contributed by atoms with Gasteiger partial charge in [0, 0.05) is 43.1 Å². The number of aryl methyl sites for hydroxylation is 3. The van der Waals surface area contributed by atoms with Crippen LogP contribution in [-0.4, -0.2) is 35.9 Å². The van der Waals surface area contributed by atoms with E-state index in [4.69, 9.17) is 19.9 Å². The predicted octanol–water partition coefficient (Wildman–Crippen LogP) is 3.93. The summed E-state index contributed by atoms with van der Waals surface area (Å²) >= 11 is 0. The van der Waals surface area contributed by atoms with Crippen molar-refractivity contribution in [3.63, 3.8) is 0 Å². The van der Waals surface area contributed by atoms with E-state index in [-0.39, 0.29) is 5.76 Å². The Balaban J connectivity index is 1.51. The first-order valence-corrected chi connectivity index (χ1v) is 11.7. The lowest BCUT2D eigenvalue weighted by Crippen LogP contribution is -2.36. The molecule has 2 aromatic heterocycles. The first-order chi connectivity index (χ1) is 16.4.